The van der Waals surface area contributed by atoms with E-state index < -0.39 is 0 Å². The third-order valence-electron chi connectivity index (χ3n) is 3.84. The van der Waals surface area contributed by atoms with Crippen LogP contribution in [0.25, 0.3) is 0 Å². The number of nitrogens with zero attached hydrogens (tertiary/aromatic N) is 2. The first-order valence-electron chi connectivity index (χ1n) is 7.22. The van der Waals surface area contributed by atoms with Crippen molar-refractivity contribution in [2.75, 3.05) is 25.1 Å². The Bertz CT molecular complexity index is 397. The van der Waals surface area contributed by atoms with Gasteiger partial charge in [0, 0.05) is 26.4 Å². The largest absolute Gasteiger partial charge is 0.376 e. The Hall–Kier alpha value is -1.13. The van der Waals surface area contributed by atoms with E-state index in [1.165, 1.54) is 11.3 Å². The summed E-state index contributed by atoms with van der Waals surface area (Å²) in [4.78, 5) is 6.61. The van der Waals surface area contributed by atoms with E-state index in [1.807, 2.05) is 12.4 Å². The molecular weight excluding hydrogens is 238 g/mol. The van der Waals surface area contributed by atoms with E-state index in [2.05, 4.69) is 42.2 Å². The maximum Gasteiger partial charge on any atom is 0.0750 e. The number of aromatic nitrogens is 1. The number of rotatable bonds is 6. The van der Waals surface area contributed by atoms with Crippen molar-refractivity contribution in [3.63, 3.8) is 0 Å². The van der Waals surface area contributed by atoms with Crippen molar-refractivity contribution in [2.45, 2.75) is 45.4 Å². The van der Waals surface area contributed by atoms with E-state index in [1.54, 1.807) is 0 Å². The van der Waals surface area contributed by atoms with Gasteiger partial charge >= 0.3 is 0 Å². The predicted molar refractivity (Wildman–Crippen MR) is 78.5 cm³/mol. The van der Waals surface area contributed by atoms with Crippen molar-refractivity contribution in [3.8, 4) is 0 Å². The third kappa shape index (κ3) is 3.45. The van der Waals surface area contributed by atoms with Gasteiger partial charge in [0.25, 0.3) is 0 Å². The van der Waals surface area contributed by atoms with E-state index in [9.17, 15) is 0 Å². The highest BCUT2D eigenvalue weighted by molar-refractivity contribution is 5.52. The molecule has 0 bridgehead atoms. The van der Waals surface area contributed by atoms with Crippen LogP contribution in [0.15, 0.2) is 18.5 Å². The zero-order valence-corrected chi connectivity index (χ0v) is 12.2. The monoisotopic (exact) mass is 263 g/mol. The minimum atomic E-state index is 0.293. The molecule has 0 amide bonds. The number of anilines is 1. The van der Waals surface area contributed by atoms with Crippen LogP contribution in [0.4, 0.5) is 5.69 Å². The number of likely N-dealkylation sites (N-methyl/N-ethyl adjacent to an activating group) is 1. The topological polar surface area (TPSA) is 37.4 Å². The second-order valence-corrected chi connectivity index (χ2v) is 5.22. The predicted octanol–water partition coefficient (Wildman–Crippen LogP) is 2.19. The number of ether oxygens (including phenoxy) is 1. The van der Waals surface area contributed by atoms with Crippen molar-refractivity contribution in [1.29, 1.82) is 0 Å². The van der Waals surface area contributed by atoms with Gasteiger partial charge in [0.05, 0.1) is 24.0 Å². The molecule has 19 heavy (non-hydrogen) atoms. The molecule has 0 spiro atoms. The van der Waals surface area contributed by atoms with Crippen molar-refractivity contribution >= 4 is 5.69 Å². The molecule has 0 aromatic carbocycles. The molecule has 2 unspecified atom stereocenters. The Balaban J connectivity index is 2.09. The quantitative estimate of drug-likeness (QED) is 0.798. The Morgan fingerprint density at radius 1 is 1.53 bits per heavy atom. The fourth-order valence-corrected chi connectivity index (χ4v) is 2.69. The summed E-state index contributed by atoms with van der Waals surface area (Å²) < 4.78 is 5.67. The van der Waals surface area contributed by atoms with Crippen LogP contribution in [0.5, 0.6) is 0 Å². The van der Waals surface area contributed by atoms with Crippen molar-refractivity contribution in [2.24, 2.45) is 0 Å². The first kappa shape index (κ1) is 14.3. The zero-order chi connectivity index (χ0) is 13.7. The lowest BCUT2D eigenvalue weighted by Crippen LogP contribution is -2.37. The smallest absolute Gasteiger partial charge is 0.0750 e. The van der Waals surface area contributed by atoms with Gasteiger partial charge in [-0.2, -0.15) is 0 Å². The lowest BCUT2D eigenvalue weighted by Gasteiger charge is -2.30. The molecule has 1 fully saturated rings. The van der Waals surface area contributed by atoms with Crippen molar-refractivity contribution in [3.05, 3.63) is 24.0 Å². The molecule has 2 atom stereocenters. The number of nitrogens with one attached hydrogen (secondary N) is 1. The summed E-state index contributed by atoms with van der Waals surface area (Å²) >= 11 is 0. The molecule has 2 rings (SSSR count). The molecule has 4 nitrogen and oxygen atoms in total. The van der Waals surface area contributed by atoms with E-state index in [4.69, 9.17) is 4.74 Å². The maximum atomic E-state index is 5.67. The van der Waals surface area contributed by atoms with Crippen LogP contribution in [-0.4, -0.2) is 37.3 Å². The fraction of sp³-hybridized carbons (Fsp3) is 0.667. The van der Waals surface area contributed by atoms with E-state index in [0.717, 1.165) is 32.5 Å². The fourth-order valence-electron chi connectivity index (χ4n) is 2.69. The molecule has 0 radical (unpaired) electrons. The number of pyridine rings is 1. The van der Waals surface area contributed by atoms with E-state index >= 15 is 0 Å². The molecule has 0 aliphatic carbocycles. The molecule has 1 aliphatic heterocycles. The van der Waals surface area contributed by atoms with Crippen LogP contribution in [0.1, 0.15) is 32.3 Å². The van der Waals surface area contributed by atoms with Gasteiger partial charge in [0.15, 0.2) is 0 Å². The molecule has 2 heterocycles. The van der Waals surface area contributed by atoms with Gasteiger partial charge in [-0.25, -0.2) is 0 Å². The average molecular weight is 263 g/mol. The summed E-state index contributed by atoms with van der Waals surface area (Å²) in [5, 5.41) is 3.46. The van der Waals surface area contributed by atoms with Gasteiger partial charge in [-0.05, 0) is 37.9 Å². The molecule has 106 valence electrons. The van der Waals surface area contributed by atoms with Crippen LogP contribution in [0.2, 0.25) is 0 Å². The first-order valence-corrected chi connectivity index (χ1v) is 7.22. The van der Waals surface area contributed by atoms with E-state index in [-0.39, 0.29) is 0 Å². The average Bonchev–Trinajstić information content (AvgIpc) is 2.85. The Labute approximate surface area is 116 Å². The van der Waals surface area contributed by atoms with E-state index in [0.29, 0.717) is 12.1 Å². The Morgan fingerprint density at radius 2 is 2.37 bits per heavy atom. The molecule has 1 saturated heterocycles. The molecule has 1 aliphatic rings. The maximum absolute atomic E-state index is 5.67. The molecule has 0 saturated carbocycles. The van der Waals surface area contributed by atoms with Crippen LogP contribution in [-0.2, 0) is 11.3 Å². The summed E-state index contributed by atoms with van der Waals surface area (Å²) in [5.74, 6) is 0. The first-order chi connectivity index (χ1) is 9.24. The lowest BCUT2D eigenvalue weighted by molar-refractivity contribution is 0.118. The van der Waals surface area contributed by atoms with Gasteiger partial charge in [0.2, 0.25) is 0 Å². The summed E-state index contributed by atoms with van der Waals surface area (Å²) in [6, 6.07) is 2.56. The highest BCUT2D eigenvalue weighted by Crippen LogP contribution is 2.26. The number of hydrogen-bond donors (Lipinski definition) is 1. The standard InChI is InChI=1S/C15H25N3O/c1-4-7-16-10-13-5-8-17-11-15(13)18(3)14-6-9-19-12(14)2/h5,8,11-12,14,16H,4,6-7,9-10H2,1-3H3. The van der Waals surface area contributed by atoms with Crippen LogP contribution in [0, 0.1) is 0 Å². The summed E-state index contributed by atoms with van der Waals surface area (Å²) in [6.45, 7) is 7.15. The minimum absolute atomic E-state index is 0.293. The van der Waals surface area contributed by atoms with Crippen molar-refractivity contribution < 1.29 is 4.74 Å². The molecular formula is C15H25N3O. The Kier molecular flexibility index (Phi) is 5.16. The molecule has 1 N–H and O–H groups in total. The third-order valence-corrected chi connectivity index (χ3v) is 3.84. The molecule has 1 aromatic heterocycles. The van der Waals surface area contributed by atoms with Gasteiger partial charge in [-0.15, -0.1) is 0 Å². The summed E-state index contributed by atoms with van der Waals surface area (Å²) in [5.41, 5.74) is 2.53. The van der Waals surface area contributed by atoms with Gasteiger partial charge in [0.1, 0.15) is 0 Å². The summed E-state index contributed by atoms with van der Waals surface area (Å²) in [6.07, 6.45) is 6.38. The van der Waals surface area contributed by atoms with Crippen LogP contribution >= 0.6 is 0 Å². The van der Waals surface area contributed by atoms with Gasteiger partial charge in [-0.3, -0.25) is 4.98 Å². The van der Waals surface area contributed by atoms with Crippen LogP contribution < -0.4 is 10.2 Å². The molecule has 1 aromatic rings. The highest BCUT2D eigenvalue weighted by atomic mass is 16.5. The lowest BCUT2D eigenvalue weighted by atomic mass is 10.1. The SMILES string of the molecule is CCCNCc1ccncc1N(C)C1CCOC1C. The number of hydrogen-bond acceptors (Lipinski definition) is 4. The Morgan fingerprint density at radius 3 is 3.05 bits per heavy atom. The minimum Gasteiger partial charge on any atom is -0.376 e. The van der Waals surface area contributed by atoms with Gasteiger partial charge in [-0.1, -0.05) is 6.92 Å². The zero-order valence-electron chi connectivity index (χ0n) is 12.2. The van der Waals surface area contributed by atoms with Crippen LogP contribution in [0.3, 0.4) is 0 Å². The summed E-state index contributed by atoms with van der Waals surface area (Å²) in [7, 11) is 2.15. The highest BCUT2D eigenvalue weighted by Gasteiger charge is 2.28. The molecule has 4 heteroatoms. The van der Waals surface area contributed by atoms with Gasteiger partial charge < -0.3 is 15.0 Å². The second kappa shape index (κ2) is 6.87. The normalized spacial score (nSPS) is 22.7. The second-order valence-electron chi connectivity index (χ2n) is 5.22. The van der Waals surface area contributed by atoms with Crippen molar-refractivity contribution in [1.82, 2.24) is 10.3 Å².